The Kier molecular flexibility index (Phi) is 6.42. The van der Waals surface area contributed by atoms with Gasteiger partial charge in [0.1, 0.15) is 22.8 Å². The Labute approximate surface area is 201 Å². The number of ether oxygens (including phenoxy) is 4. The van der Waals surface area contributed by atoms with Crippen LogP contribution in [0.2, 0.25) is 0 Å². The van der Waals surface area contributed by atoms with E-state index in [1.54, 1.807) is 57.2 Å². The highest BCUT2D eigenvalue weighted by molar-refractivity contribution is 7.17. The van der Waals surface area contributed by atoms with Gasteiger partial charge in [0.15, 0.2) is 0 Å². The van der Waals surface area contributed by atoms with Crippen LogP contribution in [0, 0.1) is 0 Å². The summed E-state index contributed by atoms with van der Waals surface area (Å²) in [5.74, 6) is -0.143. The molecule has 2 heterocycles. The standard InChI is InChI=1S/C25H27NO7S/c1-24(2,3)33-23(28)26-12-11-25(29,15-26)32-18-8-6-17(7-9-18)31-20-14-34-21-13-16(22(27)30-4)5-10-19(20)21/h5-10,13-14,29H,11-12,15H2,1-4H3/t25-/m0/s1. The maximum atomic E-state index is 12.3. The van der Waals surface area contributed by atoms with Crippen molar-refractivity contribution in [3.05, 3.63) is 53.4 Å². The van der Waals surface area contributed by atoms with Crippen LogP contribution >= 0.6 is 11.3 Å². The number of aliphatic hydroxyl groups is 1. The van der Waals surface area contributed by atoms with Crippen molar-refractivity contribution in [2.75, 3.05) is 20.2 Å². The van der Waals surface area contributed by atoms with Gasteiger partial charge in [-0.05, 0) is 63.2 Å². The number of hydrogen-bond donors (Lipinski definition) is 1. The zero-order valence-corrected chi connectivity index (χ0v) is 20.3. The molecule has 180 valence electrons. The summed E-state index contributed by atoms with van der Waals surface area (Å²) >= 11 is 1.47. The van der Waals surface area contributed by atoms with E-state index in [0.29, 0.717) is 29.4 Å². The topological polar surface area (TPSA) is 94.5 Å². The van der Waals surface area contributed by atoms with Crippen molar-refractivity contribution < 1.29 is 33.6 Å². The summed E-state index contributed by atoms with van der Waals surface area (Å²) in [4.78, 5) is 25.4. The number of fused-ring (bicyclic) bond motifs is 1. The van der Waals surface area contributed by atoms with Gasteiger partial charge in [0.2, 0.25) is 5.79 Å². The van der Waals surface area contributed by atoms with Gasteiger partial charge in [-0.15, -0.1) is 11.3 Å². The van der Waals surface area contributed by atoms with Crippen LogP contribution in [-0.2, 0) is 9.47 Å². The highest BCUT2D eigenvalue weighted by atomic mass is 32.1. The van der Waals surface area contributed by atoms with Gasteiger partial charge in [0.25, 0.3) is 0 Å². The average Bonchev–Trinajstić information content (AvgIpc) is 3.37. The fourth-order valence-electron chi connectivity index (χ4n) is 3.58. The second kappa shape index (κ2) is 9.15. The van der Waals surface area contributed by atoms with Crippen molar-refractivity contribution in [2.45, 2.75) is 38.6 Å². The van der Waals surface area contributed by atoms with Crippen LogP contribution in [-0.4, -0.2) is 53.7 Å². The Bertz CT molecular complexity index is 1200. The molecule has 1 amide bonds. The first-order valence-corrected chi connectivity index (χ1v) is 11.7. The van der Waals surface area contributed by atoms with E-state index in [2.05, 4.69) is 0 Å². The Balaban J connectivity index is 1.39. The highest BCUT2D eigenvalue weighted by Crippen LogP contribution is 2.36. The summed E-state index contributed by atoms with van der Waals surface area (Å²) < 4.78 is 22.8. The van der Waals surface area contributed by atoms with Gasteiger partial charge < -0.3 is 29.0 Å². The fourth-order valence-corrected chi connectivity index (χ4v) is 4.48. The number of benzene rings is 2. The molecular formula is C25H27NO7S. The third kappa shape index (κ3) is 5.43. The third-order valence-corrected chi connectivity index (χ3v) is 6.11. The van der Waals surface area contributed by atoms with Crippen molar-refractivity contribution in [2.24, 2.45) is 0 Å². The van der Waals surface area contributed by atoms with Crippen molar-refractivity contribution in [3.8, 4) is 17.2 Å². The van der Waals surface area contributed by atoms with Crippen LogP contribution < -0.4 is 9.47 Å². The molecule has 1 saturated heterocycles. The fraction of sp³-hybridized carbons (Fsp3) is 0.360. The number of carbonyl (C=O) groups excluding carboxylic acids is 2. The molecule has 1 aromatic heterocycles. The number of likely N-dealkylation sites (tertiary alicyclic amines) is 1. The summed E-state index contributed by atoms with van der Waals surface area (Å²) in [6.07, 6.45) is -0.198. The molecule has 1 aliphatic rings. The summed E-state index contributed by atoms with van der Waals surface area (Å²) in [7, 11) is 1.35. The lowest BCUT2D eigenvalue weighted by atomic mass is 10.2. The van der Waals surface area contributed by atoms with Crippen molar-refractivity contribution in [1.29, 1.82) is 0 Å². The van der Waals surface area contributed by atoms with E-state index in [1.165, 1.54) is 23.3 Å². The van der Waals surface area contributed by atoms with Crippen molar-refractivity contribution in [1.82, 2.24) is 4.90 Å². The van der Waals surface area contributed by atoms with Crippen LogP contribution in [0.25, 0.3) is 10.1 Å². The predicted octanol–water partition coefficient (Wildman–Crippen LogP) is 5.19. The molecule has 34 heavy (non-hydrogen) atoms. The molecule has 0 bridgehead atoms. The monoisotopic (exact) mass is 485 g/mol. The molecule has 1 N–H and O–H groups in total. The van der Waals surface area contributed by atoms with E-state index < -0.39 is 17.5 Å². The van der Waals surface area contributed by atoms with Crippen LogP contribution in [0.4, 0.5) is 4.79 Å². The molecule has 1 fully saturated rings. The van der Waals surface area contributed by atoms with Gasteiger partial charge >= 0.3 is 12.1 Å². The Morgan fingerprint density at radius 2 is 1.79 bits per heavy atom. The molecule has 0 unspecified atom stereocenters. The summed E-state index contributed by atoms with van der Waals surface area (Å²) in [5, 5.41) is 13.6. The van der Waals surface area contributed by atoms with E-state index in [4.69, 9.17) is 18.9 Å². The zero-order valence-electron chi connectivity index (χ0n) is 19.5. The molecule has 0 radical (unpaired) electrons. The summed E-state index contributed by atoms with van der Waals surface area (Å²) in [5.41, 5.74) is -0.119. The normalized spacial score (nSPS) is 18.1. The van der Waals surface area contributed by atoms with E-state index in [9.17, 15) is 14.7 Å². The smallest absolute Gasteiger partial charge is 0.410 e. The molecule has 8 nitrogen and oxygen atoms in total. The average molecular weight is 486 g/mol. The number of carbonyl (C=O) groups is 2. The number of rotatable bonds is 5. The van der Waals surface area contributed by atoms with Gasteiger partial charge in [-0.2, -0.15) is 0 Å². The van der Waals surface area contributed by atoms with Gasteiger partial charge in [-0.1, -0.05) is 0 Å². The molecule has 0 saturated carbocycles. The van der Waals surface area contributed by atoms with Gasteiger partial charge in [-0.25, -0.2) is 9.59 Å². The quantitative estimate of drug-likeness (QED) is 0.393. The third-order valence-electron chi connectivity index (χ3n) is 5.18. The van der Waals surface area contributed by atoms with E-state index in [0.717, 1.165) is 10.1 Å². The SMILES string of the molecule is COC(=O)c1ccc2c(Oc3ccc(O[C@@]4(O)CCN(C(=O)OC(C)(C)C)C4)cc3)csc2c1. The first-order chi connectivity index (χ1) is 16.0. The number of methoxy groups -OCH3 is 1. The van der Waals surface area contributed by atoms with Gasteiger partial charge in [0.05, 0.1) is 19.2 Å². The number of esters is 1. The lowest BCUT2D eigenvalue weighted by Gasteiger charge is -2.27. The molecule has 0 aliphatic carbocycles. The van der Waals surface area contributed by atoms with Crippen molar-refractivity contribution >= 4 is 33.5 Å². The number of nitrogens with zero attached hydrogens (tertiary/aromatic N) is 1. The molecule has 9 heteroatoms. The minimum atomic E-state index is -1.49. The van der Waals surface area contributed by atoms with E-state index >= 15 is 0 Å². The molecule has 3 aromatic rings. The largest absolute Gasteiger partial charge is 0.465 e. The van der Waals surface area contributed by atoms with E-state index in [1.807, 2.05) is 11.4 Å². The number of thiophene rings is 1. The Morgan fingerprint density at radius 1 is 1.09 bits per heavy atom. The molecule has 1 aliphatic heterocycles. The van der Waals surface area contributed by atoms with Gasteiger partial charge in [-0.3, -0.25) is 0 Å². The molecule has 4 rings (SSSR count). The molecular weight excluding hydrogens is 458 g/mol. The predicted molar refractivity (Wildman–Crippen MR) is 128 cm³/mol. The lowest BCUT2D eigenvalue weighted by Crippen LogP contribution is -2.42. The highest BCUT2D eigenvalue weighted by Gasteiger charge is 2.41. The number of amides is 1. The second-order valence-electron chi connectivity index (χ2n) is 9.08. The zero-order chi connectivity index (χ0) is 24.5. The molecule has 1 atom stereocenters. The molecule has 2 aromatic carbocycles. The minimum absolute atomic E-state index is 0.0224. The first-order valence-electron chi connectivity index (χ1n) is 10.8. The number of β-amino-alcohol motifs (C(OH)–C–C–N with tert-alkyl or cyclic N) is 1. The van der Waals surface area contributed by atoms with Crippen LogP contribution in [0.15, 0.2) is 47.8 Å². The van der Waals surface area contributed by atoms with E-state index in [-0.39, 0.29) is 18.9 Å². The lowest BCUT2D eigenvalue weighted by molar-refractivity contribution is -0.125. The van der Waals surface area contributed by atoms with Crippen LogP contribution in [0.3, 0.4) is 0 Å². The maximum Gasteiger partial charge on any atom is 0.410 e. The minimum Gasteiger partial charge on any atom is -0.465 e. The van der Waals surface area contributed by atoms with Gasteiger partial charge in [0, 0.05) is 28.4 Å². The molecule has 0 spiro atoms. The van der Waals surface area contributed by atoms with Crippen LogP contribution in [0.5, 0.6) is 17.2 Å². The Hall–Kier alpha value is -3.30. The van der Waals surface area contributed by atoms with Crippen molar-refractivity contribution in [3.63, 3.8) is 0 Å². The van der Waals surface area contributed by atoms with Crippen LogP contribution in [0.1, 0.15) is 37.6 Å². The second-order valence-corrected chi connectivity index (χ2v) is 9.99. The first kappa shape index (κ1) is 23.8. The summed E-state index contributed by atoms with van der Waals surface area (Å²) in [6.45, 7) is 5.76. The summed E-state index contributed by atoms with van der Waals surface area (Å²) in [6, 6.07) is 12.2. The Morgan fingerprint density at radius 3 is 2.47 bits per heavy atom. The number of hydrogen-bond acceptors (Lipinski definition) is 8. The maximum absolute atomic E-state index is 12.3.